The summed E-state index contributed by atoms with van der Waals surface area (Å²) in [5, 5.41) is 2.78. The first-order chi connectivity index (χ1) is 6.97. The molecule has 0 fully saturated rings. The van der Waals surface area contributed by atoms with Gasteiger partial charge in [0.2, 0.25) is 0 Å². The molecule has 2 aromatic rings. The minimum atomic E-state index is -4.09. The van der Waals surface area contributed by atoms with Crippen LogP contribution in [0.2, 0.25) is 0 Å². The van der Waals surface area contributed by atoms with Crippen molar-refractivity contribution in [3.63, 3.8) is 0 Å². The molecular formula is C8H7NO3S3. The molecule has 0 atom stereocenters. The van der Waals surface area contributed by atoms with Gasteiger partial charge in [-0.05, 0) is 19.1 Å². The van der Waals surface area contributed by atoms with Gasteiger partial charge < -0.3 is 0 Å². The van der Waals surface area contributed by atoms with E-state index >= 15 is 0 Å². The number of nitrogens with zero attached hydrogens (tertiary/aromatic N) is 1. The van der Waals surface area contributed by atoms with Gasteiger partial charge in [0.25, 0.3) is 0 Å². The lowest BCUT2D eigenvalue weighted by atomic mass is 10.4. The van der Waals surface area contributed by atoms with Gasteiger partial charge in [-0.3, -0.25) is 4.55 Å². The molecule has 2 heterocycles. The fourth-order valence-electron chi connectivity index (χ4n) is 1.07. The van der Waals surface area contributed by atoms with Crippen LogP contribution in [-0.2, 0) is 10.1 Å². The molecule has 0 unspecified atom stereocenters. The Bertz CT molecular complexity index is 582. The fraction of sp³-hybridized carbons (Fsp3) is 0.125. The third kappa shape index (κ3) is 2.25. The molecular weight excluding hydrogens is 254 g/mol. The first-order valence-corrected chi connectivity index (χ1v) is 7.10. The van der Waals surface area contributed by atoms with Crippen molar-refractivity contribution in [2.45, 2.75) is 11.1 Å². The normalized spacial score (nSPS) is 11.9. The van der Waals surface area contributed by atoms with Crippen LogP contribution < -0.4 is 0 Å². The van der Waals surface area contributed by atoms with Crippen molar-refractivity contribution in [2.24, 2.45) is 0 Å². The molecule has 80 valence electrons. The van der Waals surface area contributed by atoms with Crippen molar-refractivity contribution >= 4 is 32.8 Å². The Hall–Kier alpha value is -0.760. The van der Waals surface area contributed by atoms with Gasteiger partial charge in [-0.15, -0.1) is 22.7 Å². The van der Waals surface area contributed by atoms with Crippen molar-refractivity contribution in [1.29, 1.82) is 0 Å². The largest absolute Gasteiger partial charge is 0.304 e. The van der Waals surface area contributed by atoms with Crippen LogP contribution in [0, 0.1) is 6.92 Å². The van der Waals surface area contributed by atoms with Crippen molar-refractivity contribution in [3.05, 3.63) is 22.5 Å². The Morgan fingerprint density at radius 2 is 2.13 bits per heavy atom. The molecule has 0 amide bonds. The Balaban J connectivity index is 2.44. The van der Waals surface area contributed by atoms with Crippen LogP contribution >= 0.6 is 22.7 Å². The second-order valence-electron chi connectivity index (χ2n) is 2.85. The molecule has 2 aromatic heterocycles. The summed E-state index contributed by atoms with van der Waals surface area (Å²) < 4.78 is 30.4. The second-order valence-corrected chi connectivity index (χ2v) is 6.64. The topological polar surface area (TPSA) is 67.3 Å². The third-order valence-corrected chi connectivity index (χ3v) is 4.91. The Morgan fingerprint density at radius 1 is 1.40 bits per heavy atom. The predicted octanol–water partition coefficient (Wildman–Crippen LogP) is 2.43. The maximum absolute atomic E-state index is 10.8. The van der Waals surface area contributed by atoms with Crippen LogP contribution in [0.4, 0.5) is 0 Å². The molecule has 0 radical (unpaired) electrons. The van der Waals surface area contributed by atoms with Crippen molar-refractivity contribution in [1.82, 2.24) is 4.98 Å². The van der Waals surface area contributed by atoms with E-state index in [0.717, 1.165) is 26.9 Å². The van der Waals surface area contributed by atoms with E-state index in [-0.39, 0.29) is 4.21 Å². The van der Waals surface area contributed by atoms with Crippen LogP contribution in [0.1, 0.15) is 5.01 Å². The van der Waals surface area contributed by atoms with Crippen LogP contribution in [-0.4, -0.2) is 18.0 Å². The van der Waals surface area contributed by atoms with Gasteiger partial charge in [0.1, 0.15) is 4.21 Å². The molecule has 0 aliphatic carbocycles. The highest BCUT2D eigenvalue weighted by Crippen LogP contribution is 2.30. The summed E-state index contributed by atoms with van der Waals surface area (Å²) in [6.07, 6.45) is 0. The minimum Gasteiger partial charge on any atom is -0.281 e. The van der Waals surface area contributed by atoms with E-state index in [1.54, 1.807) is 6.07 Å². The molecule has 15 heavy (non-hydrogen) atoms. The van der Waals surface area contributed by atoms with E-state index in [9.17, 15) is 8.42 Å². The van der Waals surface area contributed by atoms with Gasteiger partial charge in [0, 0.05) is 5.38 Å². The number of hydrogen-bond acceptors (Lipinski definition) is 5. The number of aryl methyl sites for hydroxylation is 1. The number of aromatic nitrogens is 1. The lowest BCUT2D eigenvalue weighted by Crippen LogP contribution is -1.92. The molecule has 0 saturated heterocycles. The molecule has 0 aromatic carbocycles. The van der Waals surface area contributed by atoms with E-state index in [1.807, 2.05) is 12.3 Å². The standard InChI is InChI=1S/C8H7NO3S3/c1-5-9-6(4-13-5)7-2-3-8(14-7)15(10,11)12/h2-4H,1H3,(H,10,11,12). The number of thiazole rings is 1. The zero-order valence-electron chi connectivity index (χ0n) is 7.67. The van der Waals surface area contributed by atoms with E-state index in [2.05, 4.69) is 4.98 Å². The third-order valence-electron chi connectivity index (χ3n) is 1.71. The molecule has 1 N–H and O–H groups in total. The lowest BCUT2D eigenvalue weighted by molar-refractivity contribution is 0.485. The minimum absolute atomic E-state index is 0.0526. The van der Waals surface area contributed by atoms with Gasteiger partial charge in [0.05, 0.1) is 15.6 Å². The van der Waals surface area contributed by atoms with E-state index < -0.39 is 10.1 Å². The summed E-state index contributed by atoms with van der Waals surface area (Å²) >= 11 is 2.51. The molecule has 0 bridgehead atoms. The molecule has 2 rings (SSSR count). The maximum Gasteiger partial charge on any atom is 0.304 e. The summed E-state index contributed by atoms with van der Waals surface area (Å²) in [6, 6.07) is 3.02. The quantitative estimate of drug-likeness (QED) is 0.843. The second kappa shape index (κ2) is 3.67. The lowest BCUT2D eigenvalue weighted by Gasteiger charge is -1.88. The molecule has 7 heteroatoms. The highest BCUT2D eigenvalue weighted by atomic mass is 32.3. The van der Waals surface area contributed by atoms with Crippen molar-refractivity contribution in [2.75, 3.05) is 0 Å². The summed E-state index contributed by atoms with van der Waals surface area (Å²) in [7, 11) is -4.09. The zero-order chi connectivity index (χ0) is 11.1. The number of thiophene rings is 1. The first kappa shape index (κ1) is 10.7. The summed E-state index contributed by atoms with van der Waals surface area (Å²) in [6.45, 7) is 1.88. The van der Waals surface area contributed by atoms with Gasteiger partial charge >= 0.3 is 10.1 Å². The van der Waals surface area contributed by atoms with Crippen LogP contribution in [0.25, 0.3) is 10.6 Å². The SMILES string of the molecule is Cc1nc(-c2ccc(S(=O)(=O)O)s2)cs1. The smallest absolute Gasteiger partial charge is 0.281 e. The average molecular weight is 261 g/mol. The molecule has 0 aliphatic rings. The van der Waals surface area contributed by atoms with E-state index in [1.165, 1.54) is 17.4 Å². The summed E-state index contributed by atoms with van der Waals surface area (Å²) in [4.78, 5) is 4.97. The molecule has 0 aliphatic heterocycles. The number of hydrogen-bond donors (Lipinski definition) is 1. The van der Waals surface area contributed by atoms with Crippen LogP contribution in [0.15, 0.2) is 21.7 Å². The van der Waals surface area contributed by atoms with Gasteiger partial charge in [-0.2, -0.15) is 8.42 Å². The molecule has 4 nitrogen and oxygen atoms in total. The van der Waals surface area contributed by atoms with E-state index in [4.69, 9.17) is 4.55 Å². The van der Waals surface area contributed by atoms with Crippen molar-refractivity contribution in [3.8, 4) is 10.6 Å². The first-order valence-electron chi connectivity index (χ1n) is 3.96. The van der Waals surface area contributed by atoms with Gasteiger partial charge in [-0.25, -0.2) is 4.98 Å². The Morgan fingerprint density at radius 3 is 2.60 bits per heavy atom. The maximum atomic E-state index is 10.8. The van der Waals surface area contributed by atoms with E-state index in [0.29, 0.717) is 0 Å². The zero-order valence-corrected chi connectivity index (χ0v) is 10.1. The molecule has 0 spiro atoms. The average Bonchev–Trinajstić information content (AvgIpc) is 2.69. The van der Waals surface area contributed by atoms with Gasteiger partial charge in [-0.1, -0.05) is 0 Å². The summed E-state index contributed by atoms with van der Waals surface area (Å²) in [5.41, 5.74) is 0.748. The Kier molecular flexibility index (Phi) is 2.63. The Labute approximate surface area is 95.0 Å². The monoisotopic (exact) mass is 261 g/mol. The van der Waals surface area contributed by atoms with Crippen LogP contribution in [0.5, 0.6) is 0 Å². The summed E-state index contributed by atoms with van der Waals surface area (Å²) in [5.74, 6) is 0. The van der Waals surface area contributed by atoms with Crippen molar-refractivity contribution < 1.29 is 13.0 Å². The highest BCUT2D eigenvalue weighted by Gasteiger charge is 2.14. The number of rotatable bonds is 2. The molecule has 0 saturated carbocycles. The van der Waals surface area contributed by atoms with Crippen LogP contribution in [0.3, 0.4) is 0 Å². The highest BCUT2D eigenvalue weighted by molar-refractivity contribution is 7.88. The predicted molar refractivity (Wildman–Crippen MR) is 60.0 cm³/mol. The fourth-order valence-corrected chi connectivity index (χ4v) is 3.39. The van der Waals surface area contributed by atoms with Gasteiger partial charge in [0.15, 0.2) is 0 Å².